The number of esters is 1. The summed E-state index contributed by atoms with van der Waals surface area (Å²) in [4.78, 5) is 15.3. The molecule has 0 aliphatic heterocycles. The van der Waals surface area contributed by atoms with Crippen LogP contribution in [0.3, 0.4) is 0 Å². The molecule has 0 aliphatic rings. The normalized spacial score (nSPS) is 12.1. The average molecular weight is 475 g/mol. The number of methoxy groups -OCH3 is 1. The number of hydrogen-bond acceptors (Lipinski definition) is 3. The molecule has 0 saturated carbocycles. The third-order valence-electron chi connectivity index (χ3n) is 4.27. The topological polar surface area (TPSA) is 62.7 Å². The fourth-order valence-corrected chi connectivity index (χ4v) is 2.54. The highest BCUT2D eigenvalue weighted by Gasteiger charge is 2.06. The summed E-state index contributed by atoms with van der Waals surface area (Å²) < 4.78 is 4.63. The molecule has 6 heteroatoms. The highest BCUT2D eigenvalue weighted by atomic mass is 127. The molecule has 0 aromatic heterocycles. The first-order chi connectivity index (χ1) is 12.1. The van der Waals surface area contributed by atoms with Crippen LogP contribution in [0.15, 0.2) is 29.3 Å². The van der Waals surface area contributed by atoms with Gasteiger partial charge in [-0.25, -0.2) is 0 Å². The van der Waals surface area contributed by atoms with Crippen LogP contribution in [-0.2, 0) is 9.53 Å². The minimum absolute atomic E-state index is 0. The van der Waals surface area contributed by atoms with E-state index in [1.54, 1.807) is 7.05 Å². The van der Waals surface area contributed by atoms with Gasteiger partial charge in [-0.15, -0.1) is 24.0 Å². The fraction of sp³-hybridized carbons (Fsp3) is 0.600. The van der Waals surface area contributed by atoms with Crippen molar-refractivity contribution in [2.75, 3.05) is 27.2 Å². The van der Waals surface area contributed by atoms with Gasteiger partial charge in [0, 0.05) is 26.6 Å². The van der Waals surface area contributed by atoms with Crippen molar-refractivity contribution in [1.82, 2.24) is 10.6 Å². The largest absolute Gasteiger partial charge is 0.469 e. The summed E-state index contributed by atoms with van der Waals surface area (Å²) in [6.07, 6.45) is 4.63. The smallest absolute Gasteiger partial charge is 0.305 e. The Morgan fingerprint density at radius 1 is 1.12 bits per heavy atom. The van der Waals surface area contributed by atoms with E-state index in [0.717, 1.165) is 44.7 Å². The SMILES string of the molecule is CN=C(NCCCCCCC(=O)OC)NCC(C)c1ccc(C)cc1.I. The van der Waals surface area contributed by atoms with Crippen molar-refractivity contribution in [3.8, 4) is 0 Å². The summed E-state index contributed by atoms with van der Waals surface area (Å²) >= 11 is 0. The van der Waals surface area contributed by atoms with Crippen molar-refractivity contribution < 1.29 is 9.53 Å². The highest BCUT2D eigenvalue weighted by Crippen LogP contribution is 2.14. The van der Waals surface area contributed by atoms with Gasteiger partial charge < -0.3 is 15.4 Å². The summed E-state index contributed by atoms with van der Waals surface area (Å²) in [6, 6.07) is 8.68. The van der Waals surface area contributed by atoms with Gasteiger partial charge in [-0.3, -0.25) is 9.79 Å². The Labute approximate surface area is 175 Å². The van der Waals surface area contributed by atoms with E-state index in [1.807, 2.05) is 0 Å². The van der Waals surface area contributed by atoms with Crippen molar-refractivity contribution in [3.05, 3.63) is 35.4 Å². The van der Waals surface area contributed by atoms with E-state index < -0.39 is 0 Å². The van der Waals surface area contributed by atoms with Crippen molar-refractivity contribution in [3.63, 3.8) is 0 Å². The third kappa shape index (κ3) is 10.6. The maximum atomic E-state index is 11.0. The summed E-state index contributed by atoms with van der Waals surface area (Å²) in [5, 5.41) is 6.73. The van der Waals surface area contributed by atoms with Crippen LogP contribution in [0.5, 0.6) is 0 Å². The third-order valence-corrected chi connectivity index (χ3v) is 4.27. The van der Waals surface area contributed by atoms with Gasteiger partial charge in [0.15, 0.2) is 5.96 Å². The van der Waals surface area contributed by atoms with Gasteiger partial charge in [-0.05, 0) is 31.2 Å². The average Bonchev–Trinajstić information content (AvgIpc) is 2.63. The lowest BCUT2D eigenvalue weighted by molar-refractivity contribution is -0.140. The van der Waals surface area contributed by atoms with E-state index in [0.29, 0.717) is 12.3 Å². The van der Waals surface area contributed by atoms with E-state index in [1.165, 1.54) is 18.2 Å². The number of rotatable bonds is 10. The molecule has 2 N–H and O–H groups in total. The Balaban J connectivity index is 0.00000625. The van der Waals surface area contributed by atoms with E-state index in [4.69, 9.17) is 0 Å². The number of benzene rings is 1. The molecule has 0 heterocycles. The molecule has 148 valence electrons. The van der Waals surface area contributed by atoms with Crippen LogP contribution in [0, 0.1) is 6.92 Å². The molecule has 1 rings (SSSR count). The van der Waals surface area contributed by atoms with Crippen molar-refractivity contribution >= 4 is 35.9 Å². The number of halogens is 1. The number of guanidine groups is 1. The molecule has 0 radical (unpaired) electrons. The van der Waals surface area contributed by atoms with Gasteiger partial charge in [0.1, 0.15) is 0 Å². The number of hydrogen-bond donors (Lipinski definition) is 2. The van der Waals surface area contributed by atoms with Crippen LogP contribution < -0.4 is 10.6 Å². The Hall–Kier alpha value is -1.31. The molecule has 0 aliphatic carbocycles. The lowest BCUT2D eigenvalue weighted by Gasteiger charge is -2.16. The molecule has 1 unspecified atom stereocenters. The Morgan fingerprint density at radius 2 is 1.77 bits per heavy atom. The first-order valence-electron chi connectivity index (χ1n) is 9.14. The number of nitrogens with zero attached hydrogens (tertiary/aromatic N) is 1. The molecule has 0 fully saturated rings. The molecule has 0 amide bonds. The molecule has 0 saturated heterocycles. The van der Waals surface area contributed by atoms with Gasteiger partial charge in [-0.1, -0.05) is 49.6 Å². The number of ether oxygens (including phenoxy) is 1. The van der Waals surface area contributed by atoms with Crippen LogP contribution in [0.4, 0.5) is 0 Å². The monoisotopic (exact) mass is 475 g/mol. The second-order valence-corrected chi connectivity index (χ2v) is 6.43. The summed E-state index contributed by atoms with van der Waals surface area (Å²) in [6.45, 7) is 6.05. The van der Waals surface area contributed by atoms with E-state index in [2.05, 4.69) is 58.5 Å². The second-order valence-electron chi connectivity index (χ2n) is 6.43. The number of aliphatic imine (C=N–C) groups is 1. The van der Waals surface area contributed by atoms with Gasteiger partial charge in [-0.2, -0.15) is 0 Å². The van der Waals surface area contributed by atoms with Crippen molar-refractivity contribution in [1.29, 1.82) is 0 Å². The molecule has 1 atom stereocenters. The number of aryl methyl sites for hydroxylation is 1. The maximum absolute atomic E-state index is 11.0. The minimum atomic E-state index is -0.120. The minimum Gasteiger partial charge on any atom is -0.469 e. The van der Waals surface area contributed by atoms with Crippen molar-refractivity contribution in [2.24, 2.45) is 4.99 Å². The fourth-order valence-electron chi connectivity index (χ4n) is 2.54. The molecular weight excluding hydrogens is 441 g/mol. The Bertz CT molecular complexity index is 532. The predicted molar refractivity (Wildman–Crippen MR) is 119 cm³/mol. The van der Waals surface area contributed by atoms with Gasteiger partial charge in [0.2, 0.25) is 0 Å². The lowest BCUT2D eigenvalue weighted by atomic mass is 10.0. The molecule has 5 nitrogen and oxygen atoms in total. The molecule has 1 aromatic rings. The summed E-state index contributed by atoms with van der Waals surface area (Å²) in [5.41, 5.74) is 2.62. The number of carbonyl (C=O) groups excluding carboxylic acids is 1. The zero-order chi connectivity index (χ0) is 18.5. The summed E-state index contributed by atoms with van der Waals surface area (Å²) in [5.74, 6) is 1.15. The molecule has 0 bridgehead atoms. The van der Waals surface area contributed by atoms with E-state index >= 15 is 0 Å². The number of unbranched alkanes of at least 4 members (excludes halogenated alkanes) is 3. The van der Waals surface area contributed by atoms with Gasteiger partial charge >= 0.3 is 5.97 Å². The maximum Gasteiger partial charge on any atom is 0.305 e. The van der Waals surface area contributed by atoms with E-state index in [-0.39, 0.29) is 29.9 Å². The van der Waals surface area contributed by atoms with Crippen LogP contribution >= 0.6 is 24.0 Å². The first-order valence-corrected chi connectivity index (χ1v) is 9.14. The van der Waals surface area contributed by atoms with Crippen LogP contribution in [0.25, 0.3) is 0 Å². The number of carbonyl (C=O) groups is 1. The molecule has 1 aromatic carbocycles. The number of nitrogens with one attached hydrogen (secondary N) is 2. The Morgan fingerprint density at radius 3 is 2.38 bits per heavy atom. The molecule has 0 spiro atoms. The van der Waals surface area contributed by atoms with Crippen LogP contribution in [0.2, 0.25) is 0 Å². The van der Waals surface area contributed by atoms with Crippen LogP contribution in [-0.4, -0.2) is 39.2 Å². The predicted octanol–water partition coefficient (Wildman–Crippen LogP) is 4.01. The van der Waals surface area contributed by atoms with Crippen molar-refractivity contribution in [2.45, 2.75) is 51.9 Å². The second kappa shape index (κ2) is 14.8. The quantitative estimate of drug-likeness (QED) is 0.177. The molecule has 26 heavy (non-hydrogen) atoms. The van der Waals surface area contributed by atoms with Crippen LogP contribution in [0.1, 0.15) is 56.1 Å². The highest BCUT2D eigenvalue weighted by molar-refractivity contribution is 14.0. The summed E-state index contributed by atoms with van der Waals surface area (Å²) in [7, 11) is 3.23. The zero-order valence-corrected chi connectivity index (χ0v) is 18.8. The zero-order valence-electron chi connectivity index (χ0n) is 16.5. The van der Waals surface area contributed by atoms with Gasteiger partial charge in [0.25, 0.3) is 0 Å². The standard InChI is InChI=1S/C20H33N3O2.HI/c1-16-10-12-18(13-11-16)17(2)15-23-20(21-3)22-14-8-6-5-7-9-19(24)25-4;/h10-13,17H,5-9,14-15H2,1-4H3,(H2,21,22,23);1H. The Kier molecular flexibility index (Phi) is 14.1. The lowest BCUT2D eigenvalue weighted by Crippen LogP contribution is -2.39. The van der Waals surface area contributed by atoms with E-state index in [9.17, 15) is 4.79 Å². The van der Waals surface area contributed by atoms with Gasteiger partial charge in [0.05, 0.1) is 7.11 Å². The molecular formula is C20H34IN3O2. The first kappa shape index (κ1) is 24.7.